The molecule has 0 amide bonds. The van der Waals surface area contributed by atoms with Crippen molar-refractivity contribution < 1.29 is 7.13 Å². The molecular weight excluding hydrogens is 175 g/mol. The van der Waals surface area contributed by atoms with Gasteiger partial charge in [-0.05, 0) is 17.5 Å². The van der Waals surface area contributed by atoms with Crippen molar-refractivity contribution in [1.29, 1.82) is 0 Å². The normalized spacial score (nSPS) is 27.4. The Morgan fingerprint density at radius 1 is 1.57 bits per heavy atom. The summed E-state index contributed by atoms with van der Waals surface area (Å²) in [7, 11) is 0. The van der Waals surface area contributed by atoms with Gasteiger partial charge in [0.15, 0.2) is 0 Å². The summed E-state index contributed by atoms with van der Waals surface area (Å²) in [6.07, 6.45) is 2.79. The molecule has 1 heteroatoms. The zero-order chi connectivity index (χ0) is 11.8. The second-order valence-electron chi connectivity index (χ2n) is 3.55. The molecule has 0 bridgehead atoms. The van der Waals surface area contributed by atoms with E-state index in [0.717, 1.165) is 11.1 Å². The van der Waals surface area contributed by atoms with Crippen LogP contribution in [0.15, 0.2) is 24.3 Å². The molecule has 2 atom stereocenters. The molecule has 0 N–H and O–H groups in total. The molecule has 1 aromatic rings. The predicted octanol–water partition coefficient (Wildman–Crippen LogP) is 3.08. The largest absolute Gasteiger partial charge is 0.246 e. The lowest BCUT2D eigenvalue weighted by Gasteiger charge is -2.11. The molecule has 0 aromatic heterocycles. The fraction of sp³-hybridized carbons (Fsp3) is 0.385. The van der Waals surface area contributed by atoms with Crippen LogP contribution < -0.4 is 0 Å². The van der Waals surface area contributed by atoms with Crippen LogP contribution in [0.4, 0.5) is 4.39 Å². The van der Waals surface area contributed by atoms with Crippen molar-refractivity contribution in [1.82, 2.24) is 0 Å². The molecule has 0 aliphatic heterocycles. The summed E-state index contributed by atoms with van der Waals surface area (Å²) >= 11 is 0. The first kappa shape index (κ1) is 7.06. The highest BCUT2D eigenvalue weighted by atomic mass is 19.1. The number of hydrogen-bond donors (Lipinski definition) is 0. The number of alkyl halides is 1. The molecule has 0 saturated heterocycles. The van der Waals surface area contributed by atoms with E-state index in [9.17, 15) is 4.39 Å². The second kappa shape index (κ2) is 3.84. The second-order valence-corrected chi connectivity index (χ2v) is 3.55. The lowest BCUT2D eigenvalue weighted by Crippen LogP contribution is -2.07. The molecule has 0 spiro atoms. The standard InChI is InChI=1S/C13H13F/c1-2-3-7-12-11-8-5-4-6-10(11)9-13(12)14/h1,4-6,8,12-13H,3,7,9H2/i3D2. The summed E-state index contributed by atoms with van der Waals surface area (Å²) in [4.78, 5) is 0. The van der Waals surface area contributed by atoms with E-state index >= 15 is 0 Å². The number of hydrogen-bond acceptors (Lipinski definition) is 0. The van der Waals surface area contributed by atoms with E-state index in [1.165, 1.54) is 0 Å². The monoisotopic (exact) mass is 190 g/mol. The van der Waals surface area contributed by atoms with Gasteiger partial charge in [-0.3, -0.25) is 0 Å². The highest BCUT2D eigenvalue weighted by Crippen LogP contribution is 2.37. The van der Waals surface area contributed by atoms with Gasteiger partial charge in [-0.25, -0.2) is 4.39 Å². The first-order chi connectivity index (χ1) is 7.53. The average Bonchev–Trinajstić information content (AvgIpc) is 2.56. The minimum Gasteiger partial charge on any atom is -0.246 e. The highest BCUT2D eigenvalue weighted by Gasteiger charge is 2.31. The number of terminal acetylenes is 1. The summed E-state index contributed by atoms with van der Waals surface area (Å²) in [5.41, 5.74) is 1.89. The number of benzene rings is 1. The van der Waals surface area contributed by atoms with Crippen molar-refractivity contribution in [2.45, 2.75) is 31.3 Å². The summed E-state index contributed by atoms with van der Waals surface area (Å²) in [6.45, 7) is 0. The average molecular weight is 190 g/mol. The zero-order valence-electron chi connectivity index (χ0n) is 9.83. The van der Waals surface area contributed by atoms with Crippen LogP contribution in [0, 0.1) is 12.3 Å². The molecule has 0 radical (unpaired) electrons. The summed E-state index contributed by atoms with van der Waals surface area (Å²) in [5, 5.41) is 0. The summed E-state index contributed by atoms with van der Waals surface area (Å²) in [5.74, 6) is 1.69. The van der Waals surface area contributed by atoms with Crippen LogP contribution in [0.5, 0.6) is 0 Å². The Balaban J connectivity index is 2.27. The third-order valence-electron chi connectivity index (χ3n) is 2.73. The van der Waals surface area contributed by atoms with E-state index in [2.05, 4.69) is 5.92 Å². The van der Waals surface area contributed by atoms with Crippen molar-refractivity contribution in [2.24, 2.45) is 0 Å². The van der Waals surface area contributed by atoms with Crippen LogP contribution in [-0.2, 0) is 6.42 Å². The molecule has 0 heterocycles. The van der Waals surface area contributed by atoms with Crippen LogP contribution in [0.25, 0.3) is 0 Å². The van der Waals surface area contributed by atoms with Gasteiger partial charge in [0, 0.05) is 21.5 Å². The smallest absolute Gasteiger partial charge is 0.111 e. The highest BCUT2D eigenvalue weighted by molar-refractivity contribution is 5.36. The molecular formula is C13H13F. The maximum Gasteiger partial charge on any atom is 0.111 e. The third kappa shape index (κ3) is 1.53. The van der Waals surface area contributed by atoms with E-state index < -0.39 is 18.5 Å². The Hall–Kier alpha value is -1.29. The van der Waals surface area contributed by atoms with E-state index in [0.29, 0.717) is 6.42 Å². The van der Waals surface area contributed by atoms with Gasteiger partial charge in [-0.2, -0.15) is 0 Å². The van der Waals surface area contributed by atoms with Crippen LogP contribution >= 0.6 is 0 Å². The van der Waals surface area contributed by atoms with Gasteiger partial charge in [0.1, 0.15) is 6.17 Å². The van der Waals surface area contributed by atoms with Gasteiger partial charge in [0.2, 0.25) is 0 Å². The number of fused-ring (bicyclic) bond motifs is 1. The third-order valence-corrected chi connectivity index (χ3v) is 2.73. The SMILES string of the molecule is [2H]C([2H])(C#C)CC1c2ccccc2CC1F. The van der Waals surface area contributed by atoms with E-state index in [-0.39, 0.29) is 6.42 Å². The fourth-order valence-corrected chi connectivity index (χ4v) is 2.04. The Kier molecular flexibility index (Phi) is 1.94. The summed E-state index contributed by atoms with van der Waals surface area (Å²) < 4.78 is 28.9. The zero-order valence-corrected chi connectivity index (χ0v) is 7.83. The van der Waals surface area contributed by atoms with E-state index in [1.54, 1.807) is 0 Å². The Bertz CT molecular complexity index is 434. The quantitative estimate of drug-likeness (QED) is 0.629. The fourth-order valence-electron chi connectivity index (χ4n) is 2.04. The van der Waals surface area contributed by atoms with Crippen LogP contribution in [0.3, 0.4) is 0 Å². The number of rotatable bonds is 2. The molecule has 72 valence electrons. The van der Waals surface area contributed by atoms with Gasteiger partial charge in [0.05, 0.1) is 0 Å². The lowest BCUT2D eigenvalue weighted by atomic mass is 9.95. The Morgan fingerprint density at radius 2 is 2.36 bits per heavy atom. The topological polar surface area (TPSA) is 0 Å². The lowest BCUT2D eigenvalue weighted by molar-refractivity contribution is 0.292. The van der Waals surface area contributed by atoms with Crippen LogP contribution in [0.1, 0.15) is 32.6 Å². The van der Waals surface area contributed by atoms with Crippen molar-refractivity contribution in [3.05, 3.63) is 35.4 Å². The Morgan fingerprint density at radius 3 is 3.14 bits per heavy atom. The number of halogens is 1. The van der Waals surface area contributed by atoms with Crippen LogP contribution in [-0.4, -0.2) is 6.17 Å². The van der Waals surface area contributed by atoms with E-state index in [1.807, 2.05) is 24.3 Å². The molecule has 1 aromatic carbocycles. The van der Waals surface area contributed by atoms with Crippen molar-refractivity contribution in [2.75, 3.05) is 0 Å². The summed E-state index contributed by atoms with van der Waals surface area (Å²) in [6, 6.07) is 7.50. The van der Waals surface area contributed by atoms with Gasteiger partial charge < -0.3 is 0 Å². The maximum atomic E-state index is 13.8. The molecule has 0 saturated carbocycles. The minimum absolute atomic E-state index is 0.0572. The molecule has 2 unspecified atom stereocenters. The van der Waals surface area contributed by atoms with E-state index in [4.69, 9.17) is 9.16 Å². The molecule has 1 aliphatic carbocycles. The minimum atomic E-state index is -1.73. The van der Waals surface area contributed by atoms with Crippen molar-refractivity contribution in [3.63, 3.8) is 0 Å². The van der Waals surface area contributed by atoms with Gasteiger partial charge in [-0.15, -0.1) is 12.3 Å². The van der Waals surface area contributed by atoms with Gasteiger partial charge in [0.25, 0.3) is 0 Å². The Labute approximate surface area is 87.0 Å². The first-order valence-corrected chi connectivity index (χ1v) is 4.73. The molecule has 2 rings (SSSR count). The molecule has 0 nitrogen and oxygen atoms in total. The maximum absolute atomic E-state index is 13.8. The van der Waals surface area contributed by atoms with Crippen LogP contribution in [0.2, 0.25) is 0 Å². The predicted molar refractivity (Wildman–Crippen MR) is 55.9 cm³/mol. The van der Waals surface area contributed by atoms with Crippen molar-refractivity contribution >= 4 is 0 Å². The van der Waals surface area contributed by atoms with Crippen molar-refractivity contribution in [3.8, 4) is 12.3 Å². The first-order valence-electron chi connectivity index (χ1n) is 5.73. The molecule has 14 heavy (non-hydrogen) atoms. The van der Waals surface area contributed by atoms with Gasteiger partial charge >= 0.3 is 0 Å². The molecule has 0 fully saturated rings. The molecule has 1 aliphatic rings. The van der Waals surface area contributed by atoms with Gasteiger partial charge in [-0.1, -0.05) is 24.3 Å².